The molecule has 1 fully saturated rings. The number of carboxylic acids is 1. The fraction of sp³-hybridized carbons (Fsp3) is 0.692. The van der Waals surface area contributed by atoms with Crippen molar-refractivity contribution in [3.05, 3.63) is 15.6 Å². The van der Waals surface area contributed by atoms with E-state index in [1.807, 2.05) is 6.92 Å². The first-order valence-electron chi connectivity index (χ1n) is 6.73. The molecule has 2 heterocycles. The Hall–Kier alpha value is -0.980. The highest BCUT2D eigenvalue weighted by Crippen LogP contribution is 2.21. The van der Waals surface area contributed by atoms with Gasteiger partial charge in [-0.2, -0.15) is 0 Å². The Morgan fingerprint density at radius 3 is 2.63 bits per heavy atom. The van der Waals surface area contributed by atoms with Gasteiger partial charge in [0.2, 0.25) is 0 Å². The van der Waals surface area contributed by atoms with Gasteiger partial charge in [0.05, 0.1) is 12.2 Å². The molecule has 0 unspecified atom stereocenters. The normalized spacial score (nSPS) is 17.8. The van der Waals surface area contributed by atoms with Crippen LogP contribution in [0.4, 0.5) is 0 Å². The molecule has 19 heavy (non-hydrogen) atoms. The van der Waals surface area contributed by atoms with Crippen molar-refractivity contribution < 1.29 is 9.90 Å². The van der Waals surface area contributed by atoms with Crippen LogP contribution in [0, 0.1) is 0 Å². The number of piperazine rings is 1. The van der Waals surface area contributed by atoms with Crippen LogP contribution in [0.25, 0.3) is 0 Å². The Balaban J connectivity index is 2.04. The zero-order valence-corrected chi connectivity index (χ0v) is 12.4. The third-order valence-electron chi connectivity index (χ3n) is 3.38. The number of rotatable bonds is 5. The summed E-state index contributed by atoms with van der Waals surface area (Å²) in [5.74, 6) is -0.842. The Morgan fingerprint density at radius 1 is 1.37 bits per heavy atom. The first-order chi connectivity index (χ1) is 9.10. The number of hydrogen-bond donors (Lipinski definition) is 1. The Labute approximate surface area is 117 Å². The van der Waals surface area contributed by atoms with Crippen LogP contribution in [0.1, 0.15) is 33.7 Å². The molecule has 1 aliphatic rings. The monoisotopic (exact) mass is 283 g/mol. The lowest BCUT2D eigenvalue weighted by Crippen LogP contribution is -2.43. The molecule has 1 aromatic rings. The summed E-state index contributed by atoms with van der Waals surface area (Å²) in [7, 11) is 2.13. The molecule has 106 valence electrons. The highest BCUT2D eigenvalue weighted by Gasteiger charge is 2.20. The van der Waals surface area contributed by atoms with Crippen LogP contribution in [-0.2, 0) is 13.0 Å². The molecule has 1 aromatic heterocycles. The molecule has 0 aromatic carbocycles. The highest BCUT2D eigenvalue weighted by atomic mass is 32.1. The summed E-state index contributed by atoms with van der Waals surface area (Å²) in [5, 5.41) is 10.1. The van der Waals surface area contributed by atoms with Gasteiger partial charge in [0.25, 0.3) is 0 Å². The van der Waals surface area contributed by atoms with E-state index in [1.165, 1.54) is 11.3 Å². The van der Waals surface area contributed by atoms with E-state index in [2.05, 4.69) is 21.8 Å². The quantitative estimate of drug-likeness (QED) is 0.888. The maximum absolute atomic E-state index is 11.2. The lowest BCUT2D eigenvalue weighted by atomic mass is 10.2. The highest BCUT2D eigenvalue weighted by molar-refractivity contribution is 7.13. The fourth-order valence-corrected chi connectivity index (χ4v) is 3.23. The van der Waals surface area contributed by atoms with Crippen LogP contribution in [0.5, 0.6) is 0 Å². The minimum absolute atomic E-state index is 0.422. The standard InChI is InChI=1S/C13H21N3O2S/c1-3-4-10-12(13(17)18)19-11(14-10)9-16-7-5-15(2)6-8-16/h3-9H2,1-2H3,(H,17,18). The van der Waals surface area contributed by atoms with E-state index in [0.29, 0.717) is 4.88 Å². The number of hydrogen-bond acceptors (Lipinski definition) is 5. The second kappa shape index (κ2) is 6.45. The van der Waals surface area contributed by atoms with Crippen LogP contribution >= 0.6 is 11.3 Å². The Bertz CT molecular complexity index is 439. The van der Waals surface area contributed by atoms with E-state index >= 15 is 0 Å². The predicted octanol–water partition coefficient (Wildman–Crippen LogP) is 1.54. The number of thiazole rings is 1. The van der Waals surface area contributed by atoms with E-state index in [4.69, 9.17) is 0 Å². The van der Waals surface area contributed by atoms with Crippen LogP contribution in [0.15, 0.2) is 0 Å². The number of carbonyl (C=O) groups is 1. The van der Waals surface area contributed by atoms with E-state index in [9.17, 15) is 9.90 Å². The zero-order valence-electron chi connectivity index (χ0n) is 11.6. The van der Waals surface area contributed by atoms with Gasteiger partial charge in [-0.15, -0.1) is 11.3 Å². The van der Waals surface area contributed by atoms with Gasteiger partial charge in [-0.3, -0.25) is 4.90 Å². The maximum Gasteiger partial charge on any atom is 0.347 e. The third-order valence-corrected chi connectivity index (χ3v) is 4.45. The van der Waals surface area contributed by atoms with Crippen LogP contribution in [0.2, 0.25) is 0 Å². The molecule has 2 rings (SSSR count). The van der Waals surface area contributed by atoms with E-state index < -0.39 is 5.97 Å². The third kappa shape index (κ3) is 3.75. The van der Waals surface area contributed by atoms with Crippen LogP contribution in [-0.4, -0.2) is 59.1 Å². The van der Waals surface area contributed by atoms with Gasteiger partial charge in [-0.05, 0) is 13.5 Å². The summed E-state index contributed by atoms with van der Waals surface area (Å²) in [4.78, 5) is 20.8. The second-order valence-electron chi connectivity index (χ2n) is 5.02. The first-order valence-corrected chi connectivity index (χ1v) is 7.54. The van der Waals surface area contributed by atoms with Crippen molar-refractivity contribution in [3.8, 4) is 0 Å². The molecule has 0 amide bonds. The topological polar surface area (TPSA) is 56.7 Å². The molecular weight excluding hydrogens is 262 g/mol. The number of aromatic carboxylic acids is 1. The molecule has 1 N–H and O–H groups in total. The summed E-state index contributed by atoms with van der Waals surface area (Å²) in [6.07, 6.45) is 1.68. The first kappa shape index (κ1) is 14.4. The molecule has 0 spiro atoms. The molecule has 0 saturated carbocycles. The molecular formula is C13H21N3O2S. The lowest BCUT2D eigenvalue weighted by molar-refractivity contribution is 0.0700. The van der Waals surface area contributed by atoms with Gasteiger partial charge < -0.3 is 10.0 Å². The zero-order chi connectivity index (χ0) is 13.8. The Kier molecular flexibility index (Phi) is 4.90. The van der Waals surface area contributed by atoms with Crippen molar-refractivity contribution >= 4 is 17.3 Å². The molecule has 5 nitrogen and oxygen atoms in total. The number of nitrogens with zero attached hydrogens (tertiary/aromatic N) is 3. The van der Waals surface area contributed by atoms with Crippen LogP contribution < -0.4 is 0 Å². The van der Waals surface area contributed by atoms with Crippen LogP contribution in [0.3, 0.4) is 0 Å². The smallest absolute Gasteiger partial charge is 0.347 e. The van der Waals surface area contributed by atoms with Gasteiger partial charge in [-0.1, -0.05) is 13.3 Å². The van der Waals surface area contributed by atoms with Gasteiger partial charge >= 0.3 is 5.97 Å². The number of carboxylic acid groups (broad SMARTS) is 1. The summed E-state index contributed by atoms with van der Waals surface area (Å²) < 4.78 is 0. The van der Waals surface area contributed by atoms with Crippen molar-refractivity contribution in [1.29, 1.82) is 0 Å². The molecule has 0 atom stereocenters. The van der Waals surface area contributed by atoms with Gasteiger partial charge in [-0.25, -0.2) is 9.78 Å². The fourth-order valence-electron chi connectivity index (χ4n) is 2.24. The largest absolute Gasteiger partial charge is 0.477 e. The van der Waals surface area contributed by atoms with Gasteiger partial charge in [0.15, 0.2) is 0 Å². The minimum Gasteiger partial charge on any atom is -0.477 e. The molecule has 1 aliphatic heterocycles. The summed E-state index contributed by atoms with van der Waals surface area (Å²) in [5.41, 5.74) is 0.754. The molecule has 6 heteroatoms. The maximum atomic E-state index is 11.2. The average Bonchev–Trinajstić information content (AvgIpc) is 2.76. The van der Waals surface area contributed by atoms with Gasteiger partial charge in [0.1, 0.15) is 9.88 Å². The number of likely N-dealkylation sites (N-methyl/N-ethyl adjacent to an activating group) is 1. The number of aryl methyl sites for hydroxylation is 1. The van der Waals surface area contributed by atoms with E-state index in [1.54, 1.807) is 0 Å². The van der Waals surface area contributed by atoms with Crippen molar-refractivity contribution in [2.24, 2.45) is 0 Å². The molecule has 1 saturated heterocycles. The Morgan fingerprint density at radius 2 is 2.05 bits per heavy atom. The molecule has 0 bridgehead atoms. The second-order valence-corrected chi connectivity index (χ2v) is 6.10. The summed E-state index contributed by atoms with van der Waals surface area (Å²) >= 11 is 1.34. The van der Waals surface area contributed by atoms with E-state index in [0.717, 1.165) is 56.3 Å². The minimum atomic E-state index is -0.842. The summed E-state index contributed by atoms with van der Waals surface area (Å²) in [6.45, 7) is 7.02. The van der Waals surface area contributed by atoms with E-state index in [-0.39, 0.29) is 0 Å². The molecule has 0 radical (unpaired) electrons. The molecule has 0 aliphatic carbocycles. The number of aromatic nitrogens is 1. The van der Waals surface area contributed by atoms with Crippen molar-refractivity contribution in [1.82, 2.24) is 14.8 Å². The van der Waals surface area contributed by atoms with Crippen molar-refractivity contribution in [2.75, 3.05) is 33.2 Å². The summed E-state index contributed by atoms with van der Waals surface area (Å²) in [6, 6.07) is 0. The van der Waals surface area contributed by atoms with Crippen molar-refractivity contribution in [3.63, 3.8) is 0 Å². The SMILES string of the molecule is CCCc1nc(CN2CCN(C)CC2)sc1C(=O)O. The predicted molar refractivity (Wildman–Crippen MR) is 75.8 cm³/mol. The average molecular weight is 283 g/mol. The van der Waals surface area contributed by atoms with Gasteiger partial charge in [0, 0.05) is 26.2 Å². The van der Waals surface area contributed by atoms with Crippen molar-refractivity contribution in [2.45, 2.75) is 26.3 Å². The lowest BCUT2D eigenvalue weighted by Gasteiger charge is -2.31.